The van der Waals surface area contributed by atoms with Crippen molar-refractivity contribution < 1.29 is 24.2 Å². The zero-order valence-corrected chi connectivity index (χ0v) is 10.7. The van der Waals surface area contributed by atoms with Crippen LogP contribution in [-0.4, -0.2) is 50.0 Å². The molecule has 1 heterocycles. The Labute approximate surface area is 107 Å². The van der Waals surface area contributed by atoms with Crippen LogP contribution in [0.1, 0.15) is 25.7 Å². The van der Waals surface area contributed by atoms with E-state index in [1.54, 1.807) is 7.11 Å². The second-order valence-corrected chi connectivity index (χ2v) is 4.42. The molecule has 6 nitrogen and oxygen atoms in total. The van der Waals surface area contributed by atoms with Gasteiger partial charge >= 0.3 is 5.97 Å². The average molecular weight is 259 g/mol. The Morgan fingerprint density at radius 1 is 1.44 bits per heavy atom. The minimum atomic E-state index is -0.994. The third-order valence-electron chi connectivity index (χ3n) is 3.05. The number of methoxy groups -OCH3 is 1. The summed E-state index contributed by atoms with van der Waals surface area (Å²) in [6.07, 6.45) is 2.33. The molecule has 1 unspecified atom stereocenters. The molecule has 1 atom stereocenters. The number of aliphatic carboxylic acids is 1. The van der Waals surface area contributed by atoms with E-state index in [0.717, 1.165) is 0 Å². The van der Waals surface area contributed by atoms with Crippen molar-refractivity contribution in [2.24, 2.45) is 5.92 Å². The van der Waals surface area contributed by atoms with E-state index < -0.39 is 12.0 Å². The number of hydrogen-bond donors (Lipinski definition) is 2. The second-order valence-electron chi connectivity index (χ2n) is 4.42. The molecule has 0 saturated carbocycles. The molecule has 104 valence electrons. The van der Waals surface area contributed by atoms with Gasteiger partial charge in [0.15, 0.2) is 0 Å². The van der Waals surface area contributed by atoms with Gasteiger partial charge < -0.3 is 19.9 Å². The highest BCUT2D eigenvalue weighted by Gasteiger charge is 2.26. The number of amides is 1. The molecule has 0 radical (unpaired) electrons. The maximum Gasteiger partial charge on any atom is 0.326 e. The number of nitrogens with one attached hydrogen (secondary N) is 1. The van der Waals surface area contributed by atoms with Crippen molar-refractivity contribution in [3.63, 3.8) is 0 Å². The number of carbonyl (C=O) groups is 2. The van der Waals surface area contributed by atoms with Crippen molar-refractivity contribution in [3.05, 3.63) is 0 Å². The Morgan fingerprint density at radius 2 is 2.11 bits per heavy atom. The van der Waals surface area contributed by atoms with Gasteiger partial charge in [0.2, 0.25) is 5.91 Å². The molecule has 1 rings (SSSR count). The molecular weight excluding hydrogens is 238 g/mol. The van der Waals surface area contributed by atoms with E-state index in [-0.39, 0.29) is 11.8 Å². The largest absolute Gasteiger partial charge is 0.480 e. The molecule has 1 fully saturated rings. The van der Waals surface area contributed by atoms with Gasteiger partial charge in [0.1, 0.15) is 6.04 Å². The van der Waals surface area contributed by atoms with E-state index in [9.17, 15) is 9.59 Å². The summed E-state index contributed by atoms with van der Waals surface area (Å²) < 4.78 is 10.0. The van der Waals surface area contributed by atoms with E-state index in [1.807, 2.05) is 0 Å². The highest BCUT2D eigenvalue weighted by Crippen LogP contribution is 2.15. The lowest BCUT2D eigenvalue weighted by atomic mass is 9.98. The zero-order chi connectivity index (χ0) is 13.4. The quantitative estimate of drug-likeness (QED) is 0.647. The van der Waals surface area contributed by atoms with Gasteiger partial charge in [-0.25, -0.2) is 4.79 Å². The van der Waals surface area contributed by atoms with E-state index in [0.29, 0.717) is 45.5 Å². The fourth-order valence-corrected chi connectivity index (χ4v) is 1.94. The lowest BCUT2D eigenvalue weighted by Crippen LogP contribution is -2.44. The van der Waals surface area contributed by atoms with Crippen LogP contribution in [0.3, 0.4) is 0 Å². The lowest BCUT2D eigenvalue weighted by molar-refractivity contribution is -0.143. The van der Waals surface area contributed by atoms with Gasteiger partial charge in [-0.3, -0.25) is 4.79 Å². The number of ether oxygens (including phenoxy) is 2. The minimum Gasteiger partial charge on any atom is -0.480 e. The van der Waals surface area contributed by atoms with Crippen molar-refractivity contribution in [2.45, 2.75) is 31.7 Å². The van der Waals surface area contributed by atoms with Crippen LogP contribution in [0.2, 0.25) is 0 Å². The monoisotopic (exact) mass is 259 g/mol. The molecule has 1 aliphatic heterocycles. The minimum absolute atomic E-state index is 0.122. The Kier molecular flexibility index (Phi) is 6.67. The first-order valence-electron chi connectivity index (χ1n) is 6.25. The van der Waals surface area contributed by atoms with Crippen LogP contribution >= 0.6 is 0 Å². The summed E-state index contributed by atoms with van der Waals surface area (Å²) in [4.78, 5) is 22.9. The lowest BCUT2D eigenvalue weighted by Gasteiger charge is -2.23. The topological polar surface area (TPSA) is 84.9 Å². The predicted octanol–water partition coefficient (Wildman–Crippen LogP) is 0.409. The van der Waals surface area contributed by atoms with E-state index in [2.05, 4.69) is 5.32 Å². The molecule has 0 aromatic carbocycles. The molecule has 6 heteroatoms. The average Bonchev–Trinajstić information content (AvgIpc) is 2.38. The summed E-state index contributed by atoms with van der Waals surface area (Å²) >= 11 is 0. The Morgan fingerprint density at radius 3 is 2.67 bits per heavy atom. The third-order valence-corrected chi connectivity index (χ3v) is 3.05. The number of hydrogen-bond acceptors (Lipinski definition) is 4. The third kappa shape index (κ3) is 5.01. The molecule has 0 aromatic rings. The Hall–Kier alpha value is -1.14. The summed E-state index contributed by atoms with van der Waals surface area (Å²) in [5, 5.41) is 11.6. The zero-order valence-electron chi connectivity index (χ0n) is 10.7. The number of rotatable bonds is 7. The first-order chi connectivity index (χ1) is 8.65. The van der Waals surface area contributed by atoms with Gasteiger partial charge in [-0.2, -0.15) is 0 Å². The summed E-state index contributed by atoms with van der Waals surface area (Å²) in [5.74, 6) is -1.29. The van der Waals surface area contributed by atoms with Crippen LogP contribution < -0.4 is 5.32 Å². The Bertz CT molecular complexity index is 276. The van der Waals surface area contributed by atoms with Gasteiger partial charge in [-0.1, -0.05) is 0 Å². The molecule has 0 aliphatic carbocycles. The maximum absolute atomic E-state index is 11.9. The van der Waals surface area contributed by atoms with Gasteiger partial charge in [0.05, 0.1) is 0 Å². The van der Waals surface area contributed by atoms with Crippen LogP contribution in [0.4, 0.5) is 0 Å². The number of carboxylic acid groups (broad SMARTS) is 1. The van der Waals surface area contributed by atoms with Crippen LogP contribution in [-0.2, 0) is 19.1 Å². The van der Waals surface area contributed by atoms with Crippen molar-refractivity contribution in [1.29, 1.82) is 0 Å². The van der Waals surface area contributed by atoms with Crippen molar-refractivity contribution in [2.75, 3.05) is 26.9 Å². The van der Waals surface area contributed by atoms with E-state index in [4.69, 9.17) is 14.6 Å². The van der Waals surface area contributed by atoms with Gasteiger partial charge in [-0.05, 0) is 25.7 Å². The van der Waals surface area contributed by atoms with Crippen LogP contribution in [0.25, 0.3) is 0 Å². The number of carbonyl (C=O) groups excluding carboxylic acids is 1. The van der Waals surface area contributed by atoms with Gasteiger partial charge in [0.25, 0.3) is 0 Å². The van der Waals surface area contributed by atoms with E-state index >= 15 is 0 Å². The molecule has 2 N–H and O–H groups in total. The molecule has 0 aromatic heterocycles. The summed E-state index contributed by atoms with van der Waals surface area (Å²) in [6, 6.07) is -0.824. The van der Waals surface area contributed by atoms with E-state index in [1.165, 1.54) is 0 Å². The Balaban J connectivity index is 2.38. The molecule has 0 bridgehead atoms. The molecule has 18 heavy (non-hydrogen) atoms. The van der Waals surface area contributed by atoms with Crippen molar-refractivity contribution in [1.82, 2.24) is 5.32 Å². The SMILES string of the molecule is COCCCC(NC(=O)C1CCOCC1)C(=O)O. The maximum atomic E-state index is 11.9. The normalized spacial score (nSPS) is 18.3. The summed E-state index contributed by atoms with van der Waals surface area (Å²) in [6.45, 7) is 1.63. The number of carboxylic acids is 1. The molecule has 1 amide bonds. The fourth-order valence-electron chi connectivity index (χ4n) is 1.94. The highest BCUT2D eigenvalue weighted by atomic mass is 16.5. The van der Waals surface area contributed by atoms with Crippen LogP contribution in [0, 0.1) is 5.92 Å². The molecule has 1 aliphatic rings. The standard InChI is InChI=1S/C12H21NO5/c1-17-6-2-3-10(12(15)16)13-11(14)9-4-7-18-8-5-9/h9-10H,2-8H2,1H3,(H,13,14)(H,15,16). The van der Waals surface area contributed by atoms with Gasteiger partial charge in [-0.15, -0.1) is 0 Å². The smallest absolute Gasteiger partial charge is 0.326 e. The first-order valence-corrected chi connectivity index (χ1v) is 6.25. The molecule has 0 spiro atoms. The summed E-state index contributed by atoms with van der Waals surface area (Å²) in [7, 11) is 1.57. The fraction of sp³-hybridized carbons (Fsp3) is 0.833. The van der Waals surface area contributed by atoms with Crippen molar-refractivity contribution in [3.8, 4) is 0 Å². The first kappa shape index (κ1) is 14.9. The van der Waals surface area contributed by atoms with Gasteiger partial charge in [0, 0.05) is 32.8 Å². The predicted molar refractivity (Wildman–Crippen MR) is 64.2 cm³/mol. The van der Waals surface area contributed by atoms with Crippen LogP contribution in [0.5, 0.6) is 0 Å². The highest BCUT2D eigenvalue weighted by molar-refractivity contribution is 5.84. The molecule has 1 saturated heterocycles. The van der Waals surface area contributed by atoms with Crippen LogP contribution in [0.15, 0.2) is 0 Å². The van der Waals surface area contributed by atoms with Crippen molar-refractivity contribution >= 4 is 11.9 Å². The molecular formula is C12H21NO5. The summed E-state index contributed by atoms with van der Waals surface area (Å²) in [5.41, 5.74) is 0. The second kappa shape index (κ2) is 8.05.